The number of ether oxygens (including phenoxy) is 1. The van der Waals surface area contributed by atoms with Gasteiger partial charge in [0.05, 0.1) is 7.11 Å². The molecule has 4 heteroatoms. The number of nitrogens with two attached hydrogens (primary N) is 1. The summed E-state index contributed by atoms with van der Waals surface area (Å²) in [5.41, 5.74) is 1.80. The first-order valence-electron chi connectivity index (χ1n) is 3.80. The quantitative estimate of drug-likeness (QED) is 0.279. The third-order valence-electron chi connectivity index (χ3n) is 1.42. The summed E-state index contributed by atoms with van der Waals surface area (Å²) in [4.78, 5) is 0. The van der Waals surface area contributed by atoms with Crippen molar-refractivity contribution in [1.29, 1.82) is 0 Å². The fraction of sp³-hybridized carbons (Fsp3) is 0.625. The minimum Gasteiger partial charge on any atom is -0.495 e. The van der Waals surface area contributed by atoms with Crippen molar-refractivity contribution in [3.8, 4) is 0 Å². The molecular formula is C8H17N3O. The van der Waals surface area contributed by atoms with Crippen molar-refractivity contribution in [2.75, 3.05) is 20.7 Å². The van der Waals surface area contributed by atoms with Gasteiger partial charge in [-0.2, -0.15) is 5.10 Å². The summed E-state index contributed by atoms with van der Waals surface area (Å²) in [5, 5.41) is 6.60. The van der Waals surface area contributed by atoms with Crippen LogP contribution < -0.4 is 11.2 Å². The molecule has 0 saturated heterocycles. The molecule has 0 aromatic heterocycles. The molecule has 0 saturated carbocycles. The Labute approximate surface area is 73.5 Å². The van der Waals surface area contributed by atoms with E-state index in [0.717, 1.165) is 17.0 Å². The minimum atomic E-state index is 0.616. The van der Waals surface area contributed by atoms with Crippen molar-refractivity contribution in [2.24, 2.45) is 10.9 Å². The molecule has 0 aliphatic rings. The van der Waals surface area contributed by atoms with E-state index in [9.17, 15) is 0 Å². The van der Waals surface area contributed by atoms with E-state index in [0.29, 0.717) is 6.54 Å². The van der Waals surface area contributed by atoms with Gasteiger partial charge in [-0.25, -0.2) is 0 Å². The van der Waals surface area contributed by atoms with Crippen molar-refractivity contribution in [3.05, 3.63) is 11.3 Å². The van der Waals surface area contributed by atoms with Gasteiger partial charge in [-0.05, 0) is 26.5 Å². The van der Waals surface area contributed by atoms with Gasteiger partial charge in [0, 0.05) is 6.54 Å². The van der Waals surface area contributed by atoms with Gasteiger partial charge in [-0.1, -0.05) is 0 Å². The molecule has 0 bridgehead atoms. The van der Waals surface area contributed by atoms with Gasteiger partial charge in [0.25, 0.3) is 0 Å². The highest BCUT2D eigenvalue weighted by Crippen LogP contribution is 2.05. The van der Waals surface area contributed by atoms with Crippen LogP contribution in [0.3, 0.4) is 0 Å². The van der Waals surface area contributed by atoms with E-state index in [4.69, 9.17) is 10.6 Å². The van der Waals surface area contributed by atoms with E-state index in [-0.39, 0.29) is 0 Å². The zero-order chi connectivity index (χ0) is 9.56. The third kappa shape index (κ3) is 2.92. The third-order valence-corrected chi connectivity index (χ3v) is 1.42. The molecule has 0 atom stereocenters. The van der Waals surface area contributed by atoms with Crippen LogP contribution in [0.4, 0.5) is 0 Å². The molecule has 0 aromatic rings. The summed E-state index contributed by atoms with van der Waals surface area (Å²) in [7, 11) is 3.45. The molecule has 0 aliphatic heterocycles. The van der Waals surface area contributed by atoms with Gasteiger partial charge in [0.1, 0.15) is 11.5 Å². The Kier molecular flexibility index (Phi) is 5.12. The number of hydrogen-bond donors (Lipinski definition) is 2. The Bertz CT molecular complexity index is 192. The summed E-state index contributed by atoms with van der Waals surface area (Å²) in [6.07, 6.45) is 0. The van der Waals surface area contributed by atoms with E-state index >= 15 is 0 Å². The number of nitrogens with one attached hydrogen (secondary N) is 1. The van der Waals surface area contributed by atoms with Gasteiger partial charge in [-0.3, -0.25) is 0 Å². The van der Waals surface area contributed by atoms with Crippen LogP contribution >= 0.6 is 0 Å². The molecule has 0 aliphatic carbocycles. The highest BCUT2D eigenvalue weighted by molar-refractivity contribution is 6.00. The zero-order valence-electron chi connectivity index (χ0n) is 8.14. The summed E-state index contributed by atoms with van der Waals surface area (Å²) >= 11 is 0. The van der Waals surface area contributed by atoms with Crippen LogP contribution in [0.25, 0.3) is 0 Å². The lowest BCUT2D eigenvalue weighted by molar-refractivity contribution is 0.309. The van der Waals surface area contributed by atoms with E-state index in [1.165, 1.54) is 0 Å². The van der Waals surface area contributed by atoms with Crippen LogP contribution in [0.15, 0.2) is 16.4 Å². The monoisotopic (exact) mass is 171 g/mol. The van der Waals surface area contributed by atoms with E-state index < -0.39 is 0 Å². The van der Waals surface area contributed by atoms with Gasteiger partial charge >= 0.3 is 0 Å². The summed E-state index contributed by atoms with van der Waals surface area (Å²) in [5.74, 6) is 5.96. The number of hydrazone groups is 1. The highest BCUT2D eigenvalue weighted by Gasteiger charge is 2.07. The van der Waals surface area contributed by atoms with Crippen LogP contribution in [0, 0.1) is 0 Å². The Balaban J connectivity index is 4.59. The predicted molar refractivity (Wildman–Crippen MR) is 50.9 cm³/mol. The minimum absolute atomic E-state index is 0.616. The van der Waals surface area contributed by atoms with E-state index in [1.54, 1.807) is 7.11 Å². The largest absolute Gasteiger partial charge is 0.495 e. The molecule has 0 rings (SSSR count). The van der Waals surface area contributed by atoms with Crippen LogP contribution in [0.1, 0.15) is 13.8 Å². The maximum atomic E-state index is 5.21. The molecule has 0 radical (unpaired) electrons. The maximum Gasteiger partial charge on any atom is 0.142 e. The van der Waals surface area contributed by atoms with Crippen molar-refractivity contribution < 1.29 is 4.74 Å². The van der Waals surface area contributed by atoms with Gasteiger partial charge < -0.3 is 15.9 Å². The van der Waals surface area contributed by atoms with Crippen LogP contribution in [-0.4, -0.2) is 26.4 Å². The number of nitrogens with zero attached hydrogens (tertiary/aromatic N) is 1. The summed E-state index contributed by atoms with van der Waals surface area (Å²) < 4.78 is 5.15. The predicted octanol–water partition coefficient (Wildman–Crippen LogP) is 0.461. The fourth-order valence-corrected chi connectivity index (χ4v) is 0.963. The van der Waals surface area contributed by atoms with Gasteiger partial charge in [0.15, 0.2) is 0 Å². The van der Waals surface area contributed by atoms with Crippen molar-refractivity contribution in [1.82, 2.24) is 5.32 Å². The smallest absolute Gasteiger partial charge is 0.142 e. The molecule has 0 unspecified atom stereocenters. The Morgan fingerprint density at radius 3 is 2.33 bits per heavy atom. The van der Waals surface area contributed by atoms with Crippen LogP contribution in [0.5, 0.6) is 0 Å². The van der Waals surface area contributed by atoms with E-state index in [1.807, 2.05) is 20.9 Å². The molecule has 0 spiro atoms. The average molecular weight is 171 g/mol. The molecule has 3 N–H and O–H groups in total. The number of rotatable bonds is 4. The normalized spacial score (nSPS) is 11.2. The van der Waals surface area contributed by atoms with Crippen LogP contribution in [0.2, 0.25) is 0 Å². The molecule has 12 heavy (non-hydrogen) atoms. The average Bonchev–Trinajstić information content (AvgIpc) is 2.03. The van der Waals surface area contributed by atoms with Gasteiger partial charge in [-0.15, -0.1) is 0 Å². The molecule has 0 amide bonds. The van der Waals surface area contributed by atoms with Crippen molar-refractivity contribution in [2.45, 2.75) is 13.8 Å². The molecule has 70 valence electrons. The number of methoxy groups -OCH3 is 1. The molecule has 0 aromatic carbocycles. The van der Waals surface area contributed by atoms with Crippen molar-refractivity contribution >= 4 is 5.71 Å². The Hall–Kier alpha value is -1.03. The first-order chi connectivity index (χ1) is 5.67. The first-order valence-corrected chi connectivity index (χ1v) is 3.80. The Morgan fingerprint density at radius 1 is 1.50 bits per heavy atom. The topological polar surface area (TPSA) is 59.6 Å². The zero-order valence-corrected chi connectivity index (χ0v) is 8.14. The Morgan fingerprint density at radius 2 is 2.08 bits per heavy atom. The SMILES string of the molecule is CNC/C(=N/N)C(OC)=C(C)C. The molecule has 4 nitrogen and oxygen atoms in total. The molecule has 0 heterocycles. The lowest BCUT2D eigenvalue weighted by Gasteiger charge is -2.09. The second-order valence-corrected chi connectivity index (χ2v) is 2.64. The maximum absolute atomic E-state index is 5.21. The van der Waals surface area contributed by atoms with Crippen LogP contribution in [-0.2, 0) is 4.74 Å². The summed E-state index contributed by atoms with van der Waals surface area (Å²) in [6.45, 7) is 4.53. The second-order valence-electron chi connectivity index (χ2n) is 2.64. The number of hydrogen-bond acceptors (Lipinski definition) is 4. The first kappa shape index (κ1) is 11.0. The lowest BCUT2D eigenvalue weighted by atomic mass is 10.2. The van der Waals surface area contributed by atoms with E-state index in [2.05, 4.69) is 10.4 Å². The highest BCUT2D eigenvalue weighted by atomic mass is 16.5. The van der Waals surface area contributed by atoms with Gasteiger partial charge in [0.2, 0.25) is 0 Å². The lowest BCUT2D eigenvalue weighted by Crippen LogP contribution is -2.23. The van der Waals surface area contributed by atoms with Crippen molar-refractivity contribution in [3.63, 3.8) is 0 Å². The summed E-state index contributed by atoms with van der Waals surface area (Å²) in [6, 6.07) is 0. The molecule has 0 fully saturated rings. The molecular weight excluding hydrogens is 154 g/mol. The fourth-order valence-electron chi connectivity index (χ4n) is 0.963. The standard InChI is InChI=1S/C8H17N3O/c1-6(2)8(12-4)7(11-9)5-10-3/h10H,5,9H2,1-4H3/b11-7-. The number of allylic oxidation sites excluding steroid dienone is 1. The second kappa shape index (κ2) is 5.60.